The highest BCUT2D eigenvalue weighted by Crippen LogP contribution is 2.36. The Morgan fingerprint density at radius 3 is 1.71 bits per heavy atom. The SMILES string of the molecule is c1ccc(-c2nc(-c3ccccc3)nc(-c3cc([Si]4(c5ccc6c(ccc7ccccc76)c5)c5ccccc5-n5c4nc4ccccc45)cc4ccc5ccccc5c34)n2)cc1. The molecule has 1 atom stereocenters. The molecule has 0 aliphatic carbocycles. The van der Waals surface area contributed by atoms with E-state index in [1.165, 1.54) is 42.8 Å². The van der Waals surface area contributed by atoms with Crippen molar-refractivity contribution in [3.8, 4) is 39.9 Å². The van der Waals surface area contributed by atoms with Crippen LogP contribution in [0.2, 0.25) is 0 Å². The molecule has 288 valence electrons. The van der Waals surface area contributed by atoms with E-state index in [-0.39, 0.29) is 0 Å². The maximum absolute atomic E-state index is 5.67. The second-order valence-electron chi connectivity index (χ2n) is 16.2. The number of aromatic nitrogens is 5. The zero-order chi connectivity index (χ0) is 40.8. The van der Waals surface area contributed by atoms with Crippen LogP contribution in [0, 0.1) is 0 Å². The fourth-order valence-corrected chi connectivity index (χ4v) is 15.0. The van der Waals surface area contributed by atoms with Crippen molar-refractivity contribution < 1.29 is 0 Å². The number of benzene rings is 10. The molecule has 62 heavy (non-hydrogen) atoms. The second kappa shape index (κ2) is 13.5. The van der Waals surface area contributed by atoms with Crippen molar-refractivity contribution in [3.63, 3.8) is 0 Å². The van der Waals surface area contributed by atoms with Gasteiger partial charge >= 0.3 is 0 Å². The molecule has 1 unspecified atom stereocenters. The second-order valence-corrected chi connectivity index (χ2v) is 19.8. The van der Waals surface area contributed by atoms with Gasteiger partial charge in [-0.2, -0.15) is 0 Å². The number of hydrogen-bond donors (Lipinski definition) is 0. The van der Waals surface area contributed by atoms with Crippen molar-refractivity contribution in [1.82, 2.24) is 24.5 Å². The van der Waals surface area contributed by atoms with Gasteiger partial charge in [0.1, 0.15) is 5.45 Å². The third-order valence-corrected chi connectivity index (χ3v) is 17.4. The lowest BCUT2D eigenvalue weighted by atomic mass is 9.97. The van der Waals surface area contributed by atoms with E-state index in [0.29, 0.717) is 17.5 Å². The van der Waals surface area contributed by atoms with Gasteiger partial charge in [-0.05, 0) is 71.5 Å². The van der Waals surface area contributed by atoms with E-state index in [1.54, 1.807) is 0 Å². The molecule has 10 aromatic carbocycles. The number of hydrogen-bond acceptors (Lipinski definition) is 4. The van der Waals surface area contributed by atoms with Gasteiger partial charge in [-0.1, -0.05) is 194 Å². The summed E-state index contributed by atoms with van der Waals surface area (Å²) in [5, 5.41) is 13.3. The van der Waals surface area contributed by atoms with Gasteiger partial charge in [0.2, 0.25) is 8.07 Å². The van der Waals surface area contributed by atoms with Gasteiger partial charge in [0.15, 0.2) is 17.5 Å². The maximum atomic E-state index is 5.67. The van der Waals surface area contributed by atoms with Gasteiger partial charge in [-0.25, -0.2) is 19.9 Å². The van der Waals surface area contributed by atoms with Crippen LogP contribution in [0.25, 0.3) is 94.0 Å². The summed E-state index contributed by atoms with van der Waals surface area (Å²) in [6, 6.07) is 76.5. The number of para-hydroxylation sites is 3. The summed E-state index contributed by atoms with van der Waals surface area (Å²) in [6.07, 6.45) is 0. The van der Waals surface area contributed by atoms with E-state index in [4.69, 9.17) is 19.9 Å². The first-order valence-corrected chi connectivity index (χ1v) is 23.1. The van der Waals surface area contributed by atoms with Gasteiger partial charge in [0, 0.05) is 27.8 Å². The molecule has 6 heteroatoms. The molecule has 0 spiro atoms. The van der Waals surface area contributed by atoms with E-state index in [9.17, 15) is 0 Å². The molecule has 0 saturated heterocycles. The molecule has 0 saturated carbocycles. The Balaban J connectivity index is 1.19. The smallest absolute Gasteiger partial charge is 0.226 e. The number of imidazole rings is 1. The van der Waals surface area contributed by atoms with Crippen LogP contribution in [0.4, 0.5) is 0 Å². The molecule has 0 N–H and O–H groups in total. The first-order valence-electron chi connectivity index (χ1n) is 21.1. The molecule has 0 amide bonds. The van der Waals surface area contributed by atoms with Crippen LogP contribution < -0.4 is 21.0 Å². The minimum atomic E-state index is -3.22. The predicted octanol–water partition coefficient (Wildman–Crippen LogP) is 10.5. The van der Waals surface area contributed by atoms with Gasteiger partial charge in [-0.15, -0.1) is 0 Å². The third-order valence-electron chi connectivity index (χ3n) is 12.8. The summed E-state index contributed by atoms with van der Waals surface area (Å²) in [5.74, 6) is 1.90. The fraction of sp³-hybridized carbons (Fsp3) is 0. The van der Waals surface area contributed by atoms with Crippen molar-refractivity contribution in [3.05, 3.63) is 212 Å². The molecule has 1 aliphatic rings. The Bertz CT molecular complexity index is 3710. The highest BCUT2D eigenvalue weighted by molar-refractivity contribution is 7.20. The van der Waals surface area contributed by atoms with E-state index in [1.807, 2.05) is 36.4 Å². The number of rotatable bonds is 5. The standard InChI is InChI=1S/C56H35N5Si/c1-3-17-38(18-4-1)53-58-54(39-19-5-2-6-20-39)60-55(59-53)47-35-43(34-41-30-28-37-16-8-10-22-46(37)52(41)47)62(42-31-32-45-40(33-42)29-27-36-15-7-9-21-44(36)45)51-26-14-13-25-50(51)61-49-24-12-11-23-48(49)57-56(61)62/h1-35H. The third kappa shape index (κ3) is 5.08. The lowest BCUT2D eigenvalue weighted by Gasteiger charge is -2.30. The van der Waals surface area contributed by atoms with Crippen LogP contribution in [0.15, 0.2) is 212 Å². The molecule has 3 heterocycles. The molecule has 13 rings (SSSR count). The van der Waals surface area contributed by atoms with Crippen LogP contribution >= 0.6 is 0 Å². The van der Waals surface area contributed by atoms with Crippen molar-refractivity contribution in [2.24, 2.45) is 0 Å². The minimum Gasteiger partial charge on any atom is -0.299 e. The fourth-order valence-electron chi connectivity index (χ4n) is 10.1. The Hall–Kier alpha value is -8.06. The van der Waals surface area contributed by atoms with Crippen molar-refractivity contribution in [2.45, 2.75) is 0 Å². The van der Waals surface area contributed by atoms with Crippen LogP contribution in [-0.4, -0.2) is 32.6 Å². The van der Waals surface area contributed by atoms with Gasteiger partial charge < -0.3 is 0 Å². The zero-order valence-electron chi connectivity index (χ0n) is 33.4. The Morgan fingerprint density at radius 1 is 0.371 bits per heavy atom. The normalized spacial score (nSPS) is 14.5. The summed E-state index contributed by atoms with van der Waals surface area (Å²) >= 11 is 0. The van der Waals surface area contributed by atoms with Gasteiger partial charge in [-0.3, -0.25) is 4.57 Å². The zero-order valence-corrected chi connectivity index (χ0v) is 34.4. The lowest BCUT2D eigenvalue weighted by molar-refractivity contribution is 1.08. The van der Waals surface area contributed by atoms with Crippen LogP contribution in [0.1, 0.15) is 0 Å². The first-order chi connectivity index (χ1) is 30.7. The molecule has 0 fully saturated rings. The van der Waals surface area contributed by atoms with E-state index in [0.717, 1.165) is 54.7 Å². The average Bonchev–Trinajstić information content (AvgIpc) is 3.87. The lowest BCUT2D eigenvalue weighted by Crippen LogP contribution is -2.73. The van der Waals surface area contributed by atoms with E-state index in [2.05, 4.69) is 180 Å². The van der Waals surface area contributed by atoms with Gasteiger partial charge in [0.05, 0.1) is 11.0 Å². The molecule has 1 aliphatic heterocycles. The molecule has 5 nitrogen and oxygen atoms in total. The first kappa shape index (κ1) is 34.8. The molecular formula is C56H35N5Si. The number of fused-ring (bicyclic) bond motifs is 11. The predicted molar refractivity (Wildman–Crippen MR) is 258 cm³/mol. The maximum Gasteiger partial charge on any atom is 0.226 e. The van der Waals surface area contributed by atoms with Crippen LogP contribution in [0.5, 0.6) is 0 Å². The van der Waals surface area contributed by atoms with Gasteiger partial charge in [0.25, 0.3) is 0 Å². The highest BCUT2D eigenvalue weighted by atomic mass is 28.3. The Morgan fingerprint density at radius 2 is 0.935 bits per heavy atom. The largest absolute Gasteiger partial charge is 0.299 e. The monoisotopic (exact) mass is 805 g/mol. The molecule has 12 aromatic rings. The summed E-state index contributed by atoms with van der Waals surface area (Å²) in [6.45, 7) is 0. The topological polar surface area (TPSA) is 56.5 Å². The summed E-state index contributed by atoms with van der Waals surface area (Å²) < 4.78 is 2.44. The minimum absolute atomic E-state index is 0.634. The van der Waals surface area contributed by atoms with E-state index >= 15 is 0 Å². The van der Waals surface area contributed by atoms with Crippen molar-refractivity contribution in [1.29, 1.82) is 0 Å². The molecular weight excluding hydrogens is 771 g/mol. The van der Waals surface area contributed by atoms with Crippen LogP contribution in [0.3, 0.4) is 0 Å². The number of nitrogens with zero attached hydrogens (tertiary/aromatic N) is 5. The molecule has 0 radical (unpaired) electrons. The summed E-state index contributed by atoms with van der Waals surface area (Å²) in [7, 11) is -3.22. The van der Waals surface area contributed by atoms with E-state index < -0.39 is 8.07 Å². The Labute approximate surface area is 358 Å². The Kier molecular flexibility index (Phi) is 7.56. The quantitative estimate of drug-likeness (QED) is 0.128. The van der Waals surface area contributed by atoms with Crippen molar-refractivity contribution >= 4 is 83.2 Å². The summed E-state index contributed by atoms with van der Waals surface area (Å²) in [5.41, 5.74) is 7.22. The molecule has 2 aromatic heterocycles. The van der Waals surface area contributed by atoms with Crippen LogP contribution in [-0.2, 0) is 0 Å². The van der Waals surface area contributed by atoms with Crippen molar-refractivity contribution in [2.75, 3.05) is 0 Å². The summed E-state index contributed by atoms with van der Waals surface area (Å²) in [4.78, 5) is 21.5. The molecule has 0 bridgehead atoms. The average molecular weight is 806 g/mol. The highest BCUT2D eigenvalue weighted by Gasteiger charge is 2.52.